The molecule has 0 spiro atoms. The van der Waals surface area contributed by atoms with Crippen molar-refractivity contribution in [2.24, 2.45) is 0 Å². The first kappa shape index (κ1) is 19.7. The molecule has 3 N–H and O–H groups in total. The zero-order valence-electron chi connectivity index (χ0n) is 15.2. The van der Waals surface area contributed by atoms with Gasteiger partial charge >= 0.3 is 0 Å². The summed E-state index contributed by atoms with van der Waals surface area (Å²) in [6.07, 6.45) is 1.50. The number of nitrogens with one attached hydrogen (secondary N) is 1. The smallest absolute Gasteiger partial charge is 0.264 e. The largest absolute Gasteiger partial charge is 0.395 e. The highest BCUT2D eigenvalue weighted by Gasteiger charge is 2.23. The SMILES string of the molecule is Cc1c(C(=O)N(CCO)CCO)sc2ncnc(NC(C)c3cccs3)c12. The van der Waals surface area contributed by atoms with Gasteiger partial charge in [-0.25, -0.2) is 9.97 Å². The summed E-state index contributed by atoms with van der Waals surface area (Å²) < 4.78 is 0. The molecule has 1 atom stereocenters. The fourth-order valence-corrected chi connectivity index (χ4v) is 4.75. The van der Waals surface area contributed by atoms with Crippen molar-refractivity contribution in [2.75, 3.05) is 31.6 Å². The number of aliphatic hydroxyl groups excluding tert-OH is 2. The predicted molar refractivity (Wildman–Crippen MR) is 109 cm³/mol. The first-order valence-electron chi connectivity index (χ1n) is 8.61. The van der Waals surface area contributed by atoms with Gasteiger partial charge in [-0.1, -0.05) is 6.07 Å². The lowest BCUT2D eigenvalue weighted by molar-refractivity contribution is 0.0689. The summed E-state index contributed by atoms with van der Waals surface area (Å²) in [4.78, 5) is 25.5. The highest BCUT2D eigenvalue weighted by atomic mass is 32.1. The summed E-state index contributed by atoms with van der Waals surface area (Å²) in [5, 5.41) is 24.7. The number of aliphatic hydroxyl groups is 2. The normalized spacial score (nSPS) is 12.3. The number of thiophene rings is 2. The van der Waals surface area contributed by atoms with Crippen LogP contribution in [0.2, 0.25) is 0 Å². The number of rotatable bonds is 8. The fraction of sp³-hybridized carbons (Fsp3) is 0.389. The summed E-state index contributed by atoms with van der Waals surface area (Å²) >= 11 is 2.98. The molecule has 0 aliphatic carbocycles. The number of carbonyl (C=O) groups is 1. The molecule has 7 nitrogen and oxygen atoms in total. The van der Waals surface area contributed by atoms with Gasteiger partial charge < -0.3 is 20.4 Å². The van der Waals surface area contributed by atoms with E-state index >= 15 is 0 Å². The average Bonchev–Trinajstić information content (AvgIpc) is 3.30. The Hall–Kier alpha value is -2.07. The number of aromatic nitrogens is 2. The van der Waals surface area contributed by atoms with Crippen LogP contribution < -0.4 is 5.32 Å². The second-order valence-corrected chi connectivity index (χ2v) is 8.06. The lowest BCUT2D eigenvalue weighted by atomic mass is 10.1. The molecule has 3 aromatic rings. The van der Waals surface area contributed by atoms with Crippen LogP contribution in [0.4, 0.5) is 5.82 Å². The summed E-state index contributed by atoms with van der Waals surface area (Å²) in [5.41, 5.74) is 0.808. The monoisotopic (exact) mass is 406 g/mol. The van der Waals surface area contributed by atoms with E-state index in [4.69, 9.17) is 0 Å². The van der Waals surface area contributed by atoms with E-state index in [0.29, 0.717) is 10.7 Å². The van der Waals surface area contributed by atoms with Crippen molar-refractivity contribution in [1.29, 1.82) is 0 Å². The number of carbonyl (C=O) groups excluding carboxylic acids is 1. The Morgan fingerprint density at radius 1 is 1.30 bits per heavy atom. The fourth-order valence-electron chi connectivity index (χ4n) is 2.90. The topological polar surface area (TPSA) is 98.6 Å². The lowest BCUT2D eigenvalue weighted by Gasteiger charge is -2.20. The Bertz CT molecular complexity index is 905. The van der Waals surface area contributed by atoms with Gasteiger partial charge in [0, 0.05) is 18.0 Å². The van der Waals surface area contributed by atoms with Crippen molar-refractivity contribution < 1.29 is 15.0 Å². The number of nitrogens with zero attached hydrogens (tertiary/aromatic N) is 3. The molecule has 27 heavy (non-hydrogen) atoms. The second kappa shape index (κ2) is 8.75. The van der Waals surface area contributed by atoms with Crippen molar-refractivity contribution in [3.63, 3.8) is 0 Å². The molecule has 3 aromatic heterocycles. The molecule has 0 radical (unpaired) electrons. The van der Waals surface area contributed by atoms with E-state index in [1.54, 1.807) is 11.3 Å². The highest BCUT2D eigenvalue weighted by Crippen LogP contribution is 2.35. The third-order valence-electron chi connectivity index (χ3n) is 4.27. The average molecular weight is 407 g/mol. The van der Waals surface area contributed by atoms with Crippen LogP contribution in [0.3, 0.4) is 0 Å². The number of anilines is 1. The summed E-state index contributed by atoms with van der Waals surface area (Å²) in [6, 6.07) is 4.16. The third kappa shape index (κ3) is 4.11. The molecule has 1 amide bonds. The van der Waals surface area contributed by atoms with Crippen molar-refractivity contribution in [3.8, 4) is 0 Å². The Morgan fingerprint density at radius 2 is 2.04 bits per heavy atom. The van der Waals surface area contributed by atoms with Gasteiger partial charge in [0.1, 0.15) is 17.0 Å². The molecule has 0 aliphatic heterocycles. The minimum Gasteiger partial charge on any atom is -0.395 e. The molecule has 3 rings (SSSR count). The molecule has 144 valence electrons. The van der Waals surface area contributed by atoms with Crippen LogP contribution in [0.5, 0.6) is 0 Å². The second-order valence-electron chi connectivity index (χ2n) is 6.08. The molecular formula is C18H22N4O3S2. The predicted octanol–water partition coefficient (Wildman–Crippen LogP) is 2.66. The minimum absolute atomic E-state index is 0.0850. The maximum atomic E-state index is 12.9. The number of hydrogen-bond donors (Lipinski definition) is 3. The maximum Gasteiger partial charge on any atom is 0.264 e. The van der Waals surface area contributed by atoms with Gasteiger partial charge in [0.05, 0.1) is 29.5 Å². The molecule has 9 heteroatoms. The lowest BCUT2D eigenvalue weighted by Crippen LogP contribution is -2.35. The first-order valence-corrected chi connectivity index (χ1v) is 10.3. The zero-order chi connectivity index (χ0) is 19.4. The molecule has 0 saturated heterocycles. The van der Waals surface area contributed by atoms with E-state index in [9.17, 15) is 15.0 Å². The molecule has 0 fully saturated rings. The minimum atomic E-state index is -0.212. The van der Waals surface area contributed by atoms with Crippen LogP contribution in [-0.4, -0.2) is 57.3 Å². The summed E-state index contributed by atoms with van der Waals surface area (Å²) in [7, 11) is 0. The van der Waals surface area contributed by atoms with E-state index in [-0.39, 0.29) is 38.3 Å². The van der Waals surface area contributed by atoms with Crippen LogP contribution in [0.1, 0.15) is 33.1 Å². The molecule has 0 aromatic carbocycles. The molecule has 0 bridgehead atoms. The maximum absolute atomic E-state index is 12.9. The van der Waals surface area contributed by atoms with Crippen LogP contribution >= 0.6 is 22.7 Å². The van der Waals surface area contributed by atoms with Crippen LogP contribution in [-0.2, 0) is 0 Å². The van der Waals surface area contributed by atoms with Gasteiger partial charge in [0.2, 0.25) is 0 Å². The van der Waals surface area contributed by atoms with Crippen molar-refractivity contribution in [1.82, 2.24) is 14.9 Å². The molecule has 0 saturated carbocycles. The molecule has 3 heterocycles. The Balaban J connectivity index is 1.96. The Labute approximate surface area is 165 Å². The number of aryl methyl sites for hydroxylation is 1. The van der Waals surface area contributed by atoms with E-state index in [1.807, 2.05) is 18.4 Å². The van der Waals surface area contributed by atoms with Crippen LogP contribution in [0.15, 0.2) is 23.8 Å². The Kier molecular flexibility index (Phi) is 6.38. The van der Waals surface area contributed by atoms with Gasteiger partial charge in [-0.05, 0) is 30.9 Å². The first-order chi connectivity index (χ1) is 13.1. The van der Waals surface area contributed by atoms with Crippen molar-refractivity contribution in [2.45, 2.75) is 19.9 Å². The van der Waals surface area contributed by atoms with Crippen LogP contribution in [0, 0.1) is 6.92 Å². The Morgan fingerprint density at radius 3 is 2.67 bits per heavy atom. The standard InChI is InChI=1S/C18H22N4O3S2/c1-11-14-16(21-12(2)13-4-3-9-26-13)19-10-20-17(14)27-15(11)18(25)22(5-7-23)6-8-24/h3-4,9-10,12,23-24H,5-8H2,1-2H3,(H,19,20,21). The van der Waals surface area contributed by atoms with E-state index in [1.165, 1.54) is 27.4 Å². The van der Waals surface area contributed by atoms with E-state index in [2.05, 4.69) is 28.3 Å². The zero-order valence-corrected chi connectivity index (χ0v) is 16.8. The van der Waals surface area contributed by atoms with Gasteiger partial charge in [-0.3, -0.25) is 4.79 Å². The van der Waals surface area contributed by atoms with Gasteiger partial charge in [-0.15, -0.1) is 22.7 Å². The molecular weight excluding hydrogens is 384 g/mol. The number of fused-ring (bicyclic) bond motifs is 1. The third-order valence-corrected chi connectivity index (χ3v) is 6.51. The number of hydrogen-bond acceptors (Lipinski definition) is 8. The van der Waals surface area contributed by atoms with Gasteiger partial charge in [0.25, 0.3) is 5.91 Å². The highest BCUT2D eigenvalue weighted by molar-refractivity contribution is 7.20. The summed E-state index contributed by atoms with van der Waals surface area (Å²) in [5.74, 6) is 0.487. The number of amides is 1. The van der Waals surface area contributed by atoms with Gasteiger partial charge in [-0.2, -0.15) is 0 Å². The van der Waals surface area contributed by atoms with E-state index in [0.717, 1.165) is 15.8 Å². The quantitative estimate of drug-likeness (QED) is 0.532. The summed E-state index contributed by atoms with van der Waals surface area (Å²) in [6.45, 7) is 4.00. The molecule has 0 aliphatic rings. The van der Waals surface area contributed by atoms with Crippen LogP contribution in [0.25, 0.3) is 10.2 Å². The van der Waals surface area contributed by atoms with Crippen molar-refractivity contribution >= 4 is 44.6 Å². The van der Waals surface area contributed by atoms with E-state index < -0.39 is 0 Å². The van der Waals surface area contributed by atoms with Gasteiger partial charge in [0.15, 0.2) is 0 Å². The van der Waals surface area contributed by atoms with Crippen molar-refractivity contribution in [3.05, 3.63) is 39.2 Å². The molecule has 1 unspecified atom stereocenters.